The van der Waals surface area contributed by atoms with Gasteiger partial charge in [0.25, 0.3) is 0 Å². The zero-order chi connectivity index (χ0) is 24.7. The van der Waals surface area contributed by atoms with Crippen LogP contribution in [0.1, 0.15) is 40.5 Å². The SMILES string of the molecule is CCC(C)N(CC(=O)N1CCCN(c2ccc(-c3ccc(F)cc3)nn2)CC1)C(=O)NC(C)C. The van der Waals surface area contributed by atoms with Gasteiger partial charge in [-0.25, -0.2) is 9.18 Å². The van der Waals surface area contributed by atoms with Crippen LogP contribution in [0.4, 0.5) is 15.0 Å². The Kier molecular flexibility index (Phi) is 8.79. The number of urea groups is 1. The maximum atomic E-state index is 13.2. The van der Waals surface area contributed by atoms with Crippen LogP contribution in [0.15, 0.2) is 36.4 Å². The fraction of sp³-hybridized carbons (Fsp3) is 0.520. The van der Waals surface area contributed by atoms with E-state index in [1.807, 2.05) is 44.7 Å². The minimum atomic E-state index is -0.287. The van der Waals surface area contributed by atoms with Gasteiger partial charge < -0.3 is 20.0 Å². The van der Waals surface area contributed by atoms with Crippen molar-refractivity contribution in [3.05, 3.63) is 42.2 Å². The van der Waals surface area contributed by atoms with Crippen LogP contribution in [-0.2, 0) is 4.79 Å². The summed E-state index contributed by atoms with van der Waals surface area (Å²) in [6.45, 7) is 10.5. The van der Waals surface area contributed by atoms with Crippen LogP contribution in [0.5, 0.6) is 0 Å². The van der Waals surface area contributed by atoms with Crippen molar-refractivity contribution in [2.75, 3.05) is 37.6 Å². The third kappa shape index (κ3) is 6.65. The van der Waals surface area contributed by atoms with Gasteiger partial charge in [0.2, 0.25) is 5.91 Å². The van der Waals surface area contributed by atoms with E-state index in [1.165, 1.54) is 12.1 Å². The predicted octanol–water partition coefficient (Wildman–Crippen LogP) is 3.54. The summed E-state index contributed by atoms with van der Waals surface area (Å²) in [5.41, 5.74) is 1.49. The normalized spacial score (nSPS) is 15.1. The zero-order valence-corrected chi connectivity index (χ0v) is 20.5. The van der Waals surface area contributed by atoms with Gasteiger partial charge in [0.1, 0.15) is 12.4 Å². The van der Waals surface area contributed by atoms with Gasteiger partial charge in [0.15, 0.2) is 5.82 Å². The number of rotatable bonds is 7. The molecule has 8 nitrogen and oxygen atoms in total. The molecule has 1 fully saturated rings. The van der Waals surface area contributed by atoms with E-state index in [-0.39, 0.29) is 36.4 Å². The molecule has 3 rings (SSSR count). The van der Waals surface area contributed by atoms with Gasteiger partial charge in [-0.3, -0.25) is 4.79 Å². The second-order valence-corrected chi connectivity index (χ2v) is 8.99. The van der Waals surface area contributed by atoms with Crippen molar-refractivity contribution in [2.45, 2.75) is 52.6 Å². The monoisotopic (exact) mass is 470 g/mol. The molecule has 2 heterocycles. The predicted molar refractivity (Wildman–Crippen MR) is 131 cm³/mol. The van der Waals surface area contributed by atoms with Crippen LogP contribution in [-0.4, -0.2) is 76.7 Å². The standard InChI is InChI=1S/C25H35FN6O2/c1-5-19(4)32(25(34)27-18(2)3)17-24(33)31-14-6-13-30(15-16-31)23-12-11-22(28-29-23)20-7-9-21(26)10-8-20/h7-12,18-19H,5-6,13-17H2,1-4H3,(H,27,34). The number of benzene rings is 1. The molecule has 184 valence electrons. The van der Waals surface area contributed by atoms with Crippen molar-refractivity contribution in [3.8, 4) is 11.3 Å². The lowest BCUT2D eigenvalue weighted by atomic mass is 10.1. The largest absolute Gasteiger partial charge is 0.353 e. The summed E-state index contributed by atoms with van der Waals surface area (Å²) >= 11 is 0. The van der Waals surface area contributed by atoms with Crippen LogP contribution in [0.2, 0.25) is 0 Å². The Labute approximate surface area is 201 Å². The second-order valence-electron chi connectivity index (χ2n) is 8.99. The molecule has 1 aromatic heterocycles. The Morgan fingerprint density at radius 2 is 1.76 bits per heavy atom. The fourth-order valence-corrected chi connectivity index (χ4v) is 3.89. The lowest BCUT2D eigenvalue weighted by molar-refractivity contribution is -0.132. The number of hydrogen-bond acceptors (Lipinski definition) is 5. The third-order valence-electron chi connectivity index (χ3n) is 6.06. The highest BCUT2D eigenvalue weighted by molar-refractivity contribution is 5.84. The first-order valence-corrected chi connectivity index (χ1v) is 12.0. The Morgan fingerprint density at radius 1 is 1.03 bits per heavy atom. The first-order valence-electron chi connectivity index (χ1n) is 12.0. The number of carbonyl (C=O) groups is 2. The molecule has 0 saturated carbocycles. The molecule has 0 bridgehead atoms. The summed E-state index contributed by atoms with van der Waals surface area (Å²) in [5, 5.41) is 11.6. The number of anilines is 1. The molecule has 1 aliphatic rings. The van der Waals surface area contributed by atoms with Gasteiger partial charge in [-0.15, -0.1) is 10.2 Å². The van der Waals surface area contributed by atoms with E-state index < -0.39 is 0 Å². The summed E-state index contributed by atoms with van der Waals surface area (Å²) in [5.74, 6) is 0.418. The highest BCUT2D eigenvalue weighted by Crippen LogP contribution is 2.20. The molecule has 9 heteroatoms. The molecule has 1 aliphatic heterocycles. The number of nitrogens with zero attached hydrogens (tertiary/aromatic N) is 5. The van der Waals surface area contributed by atoms with Crippen molar-refractivity contribution < 1.29 is 14.0 Å². The van der Waals surface area contributed by atoms with Crippen LogP contribution in [0.3, 0.4) is 0 Å². The molecular weight excluding hydrogens is 435 g/mol. The van der Waals surface area contributed by atoms with E-state index in [4.69, 9.17) is 0 Å². The molecule has 3 amide bonds. The summed E-state index contributed by atoms with van der Waals surface area (Å²) in [6.07, 6.45) is 1.58. The van der Waals surface area contributed by atoms with Gasteiger partial charge in [-0.2, -0.15) is 0 Å². The molecule has 34 heavy (non-hydrogen) atoms. The maximum Gasteiger partial charge on any atom is 0.318 e. The average molecular weight is 471 g/mol. The fourth-order valence-electron chi connectivity index (χ4n) is 3.89. The lowest BCUT2D eigenvalue weighted by Gasteiger charge is -2.31. The summed E-state index contributed by atoms with van der Waals surface area (Å²) in [4.78, 5) is 31.3. The van der Waals surface area contributed by atoms with Gasteiger partial charge in [-0.1, -0.05) is 6.92 Å². The number of carbonyl (C=O) groups excluding carboxylic acids is 2. The van der Waals surface area contributed by atoms with Crippen molar-refractivity contribution >= 4 is 17.8 Å². The van der Waals surface area contributed by atoms with Gasteiger partial charge in [0.05, 0.1) is 5.69 Å². The maximum absolute atomic E-state index is 13.2. The number of hydrogen-bond donors (Lipinski definition) is 1. The van der Waals surface area contributed by atoms with E-state index in [2.05, 4.69) is 20.4 Å². The number of nitrogens with one attached hydrogen (secondary N) is 1. The van der Waals surface area contributed by atoms with E-state index in [9.17, 15) is 14.0 Å². The molecule has 1 unspecified atom stereocenters. The van der Waals surface area contributed by atoms with E-state index in [1.54, 1.807) is 17.0 Å². The minimum absolute atomic E-state index is 0.0106. The van der Waals surface area contributed by atoms with Gasteiger partial charge in [-0.05, 0) is 70.0 Å². The number of amides is 3. The smallest absolute Gasteiger partial charge is 0.318 e. The lowest BCUT2D eigenvalue weighted by Crippen LogP contribution is -2.51. The van der Waals surface area contributed by atoms with Crippen molar-refractivity contribution in [1.29, 1.82) is 0 Å². The molecule has 0 radical (unpaired) electrons. The van der Waals surface area contributed by atoms with Crippen LogP contribution in [0, 0.1) is 5.82 Å². The van der Waals surface area contributed by atoms with Crippen molar-refractivity contribution in [1.82, 2.24) is 25.3 Å². The minimum Gasteiger partial charge on any atom is -0.353 e. The van der Waals surface area contributed by atoms with Crippen LogP contribution >= 0.6 is 0 Å². The van der Waals surface area contributed by atoms with Crippen LogP contribution in [0.25, 0.3) is 11.3 Å². The summed E-state index contributed by atoms with van der Waals surface area (Å²) in [6, 6.07) is 9.73. The van der Waals surface area contributed by atoms with Gasteiger partial charge >= 0.3 is 6.03 Å². The van der Waals surface area contributed by atoms with E-state index >= 15 is 0 Å². The van der Waals surface area contributed by atoms with Crippen LogP contribution < -0.4 is 10.2 Å². The molecular formula is C25H35FN6O2. The van der Waals surface area contributed by atoms with Crippen molar-refractivity contribution in [3.63, 3.8) is 0 Å². The highest BCUT2D eigenvalue weighted by Gasteiger charge is 2.26. The van der Waals surface area contributed by atoms with E-state index in [0.29, 0.717) is 25.3 Å². The molecule has 0 aliphatic carbocycles. The molecule has 1 atom stereocenters. The Balaban J connectivity index is 1.61. The topological polar surface area (TPSA) is 81.7 Å². The number of aromatic nitrogens is 2. The molecule has 1 saturated heterocycles. The summed E-state index contributed by atoms with van der Waals surface area (Å²) in [7, 11) is 0. The highest BCUT2D eigenvalue weighted by atomic mass is 19.1. The third-order valence-corrected chi connectivity index (χ3v) is 6.06. The molecule has 2 aromatic rings. The zero-order valence-electron chi connectivity index (χ0n) is 20.5. The first-order chi connectivity index (χ1) is 16.3. The van der Waals surface area contributed by atoms with Crippen molar-refractivity contribution in [2.24, 2.45) is 0 Å². The van der Waals surface area contributed by atoms with E-state index in [0.717, 1.165) is 30.8 Å². The first kappa shape index (κ1) is 25.4. The molecule has 1 N–H and O–H groups in total. The quantitative estimate of drug-likeness (QED) is 0.669. The van der Waals surface area contributed by atoms with Gasteiger partial charge in [0, 0.05) is 43.8 Å². The average Bonchev–Trinajstić information content (AvgIpc) is 3.08. The number of halogens is 1. The Bertz CT molecular complexity index is 951. The summed E-state index contributed by atoms with van der Waals surface area (Å²) < 4.78 is 13.2. The Hall–Kier alpha value is -3.23. The Morgan fingerprint density at radius 3 is 2.38 bits per heavy atom. The second kappa shape index (κ2) is 11.8. The molecule has 1 aromatic carbocycles. The molecule has 0 spiro atoms.